The third-order valence-electron chi connectivity index (χ3n) is 3.70. The standard InChI is InChI=1S/C11H20N/c1-9(2)7-12(3)8-10-4-5-11(12)6-10/h10-11H,1,4-8H2,2-3H3/q+1/t10?,11-,12?/m0/s1. The molecule has 1 aliphatic heterocycles. The van der Waals surface area contributed by atoms with Crippen molar-refractivity contribution in [1.82, 2.24) is 0 Å². The second-order valence-electron chi connectivity index (χ2n) is 5.11. The van der Waals surface area contributed by atoms with Gasteiger partial charge in [0.1, 0.15) is 0 Å². The molecular weight excluding hydrogens is 146 g/mol. The molecule has 1 saturated heterocycles. The van der Waals surface area contributed by atoms with Crippen molar-refractivity contribution in [1.29, 1.82) is 0 Å². The van der Waals surface area contributed by atoms with Gasteiger partial charge in [0.25, 0.3) is 0 Å². The normalized spacial score (nSPS) is 45.2. The van der Waals surface area contributed by atoms with Gasteiger partial charge in [0.15, 0.2) is 0 Å². The molecule has 0 aromatic carbocycles. The summed E-state index contributed by atoms with van der Waals surface area (Å²) in [5, 5.41) is 0. The lowest BCUT2D eigenvalue weighted by Gasteiger charge is -2.38. The van der Waals surface area contributed by atoms with Crippen LogP contribution in [0.5, 0.6) is 0 Å². The van der Waals surface area contributed by atoms with Gasteiger partial charge in [-0.25, -0.2) is 0 Å². The number of nitrogens with zero attached hydrogens (tertiary/aromatic N) is 1. The minimum atomic E-state index is 0.965. The van der Waals surface area contributed by atoms with Gasteiger partial charge in [-0.3, -0.25) is 0 Å². The lowest BCUT2D eigenvalue weighted by atomic mass is 10.1. The maximum absolute atomic E-state index is 4.03. The van der Waals surface area contributed by atoms with Gasteiger partial charge < -0.3 is 4.48 Å². The number of quaternary nitrogens is 1. The molecule has 1 aliphatic carbocycles. The van der Waals surface area contributed by atoms with Crippen molar-refractivity contribution >= 4 is 0 Å². The van der Waals surface area contributed by atoms with E-state index in [0.29, 0.717) is 0 Å². The highest BCUT2D eigenvalue weighted by Gasteiger charge is 2.47. The Morgan fingerprint density at radius 3 is 2.67 bits per heavy atom. The molecule has 1 nitrogen and oxygen atoms in total. The van der Waals surface area contributed by atoms with Crippen molar-refractivity contribution in [3.8, 4) is 0 Å². The van der Waals surface area contributed by atoms with Crippen LogP contribution in [-0.4, -0.2) is 30.7 Å². The molecule has 0 spiro atoms. The highest BCUT2D eigenvalue weighted by molar-refractivity contribution is 4.92. The van der Waals surface area contributed by atoms with E-state index in [0.717, 1.165) is 12.0 Å². The van der Waals surface area contributed by atoms with Crippen LogP contribution in [0.15, 0.2) is 12.2 Å². The van der Waals surface area contributed by atoms with Gasteiger partial charge in [0, 0.05) is 12.3 Å². The van der Waals surface area contributed by atoms with Gasteiger partial charge in [-0.1, -0.05) is 6.58 Å². The number of likely N-dealkylation sites (N-methyl/N-ethyl adjacent to an activating group) is 1. The molecule has 2 unspecified atom stereocenters. The highest BCUT2D eigenvalue weighted by Crippen LogP contribution is 2.41. The van der Waals surface area contributed by atoms with E-state index in [1.807, 2.05) is 0 Å². The monoisotopic (exact) mass is 166 g/mol. The molecule has 3 atom stereocenters. The van der Waals surface area contributed by atoms with Crippen molar-refractivity contribution in [2.75, 3.05) is 20.1 Å². The molecule has 0 radical (unpaired) electrons. The van der Waals surface area contributed by atoms with Crippen LogP contribution in [0.1, 0.15) is 26.2 Å². The maximum Gasteiger partial charge on any atom is 0.0998 e. The number of hydrogen-bond donors (Lipinski definition) is 0. The molecule has 0 N–H and O–H groups in total. The Balaban J connectivity index is 2.07. The number of rotatable bonds is 2. The zero-order chi connectivity index (χ0) is 8.77. The summed E-state index contributed by atoms with van der Waals surface area (Å²) in [5.41, 5.74) is 1.35. The Bertz CT molecular complexity index is 209. The summed E-state index contributed by atoms with van der Waals surface area (Å²) in [6.07, 6.45) is 4.45. The first kappa shape index (κ1) is 8.31. The summed E-state index contributed by atoms with van der Waals surface area (Å²) < 4.78 is 1.29. The summed E-state index contributed by atoms with van der Waals surface area (Å²) >= 11 is 0. The molecule has 68 valence electrons. The molecule has 0 aromatic rings. The van der Waals surface area contributed by atoms with E-state index in [1.54, 1.807) is 0 Å². The second-order valence-corrected chi connectivity index (χ2v) is 5.11. The molecule has 0 aromatic heterocycles. The van der Waals surface area contributed by atoms with E-state index in [4.69, 9.17) is 0 Å². The molecule has 12 heavy (non-hydrogen) atoms. The van der Waals surface area contributed by atoms with Gasteiger partial charge in [-0.05, 0) is 25.3 Å². The first-order chi connectivity index (χ1) is 5.60. The topological polar surface area (TPSA) is 0 Å². The Hall–Kier alpha value is -0.300. The Labute approximate surface area is 75.7 Å². The van der Waals surface area contributed by atoms with Gasteiger partial charge in [-0.15, -0.1) is 0 Å². The van der Waals surface area contributed by atoms with Gasteiger partial charge >= 0.3 is 0 Å². The van der Waals surface area contributed by atoms with Crippen molar-refractivity contribution < 1.29 is 4.48 Å². The van der Waals surface area contributed by atoms with Gasteiger partial charge in [0.05, 0.1) is 26.2 Å². The van der Waals surface area contributed by atoms with Crippen LogP contribution in [0.2, 0.25) is 0 Å². The summed E-state index contributed by atoms with van der Waals surface area (Å²) in [5.74, 6) is 1.04. The van der Waals surface area contributed by atoms with Crippen LogP contribution in [0, 0.1) is 5.92 Å². The van der Waals surface area contributed by atoms with Crippen LogP contribution >= 0.6 is 0 Å². The molecule has 1 heterocycles. The van der Waals surface area contributed by atoms with Crippen molar-refractivity contribution in [3.63, 3.8) is 0 Å². The minimum Gasteiger partial charge on any atom is -0.320 e. The quantitative estimate of drug-likeness (QED) is 0.436. The van der Waals surface area contributed by atoms with Gasteiger partial charge in [0.2, 0.25) is 0 Å². The Morgan fingerprint density at radius 2 is 2.25 bits per heavy atom. The lowest BCUT2D eigenvalue weighted by Crippen LogP contribution is -2.50. The largest absolute Gasteiger partial charge is 0.320 e. The van der Waals surface area contributed by atoms with E-state index in [9.17, 15) is 0 Å². The first-order valence-corrected chi connectivity index (χ1v) is 5.09. The molecule has 2 bridgehead atoms. The molecule has 0 amide bonds. The second kappa shape index (κ2) is 2.59. The van der Waals surface area contributed by atoms with Gasteiger partial charge in [-0.2, -0.15) is 0 Å². The smallest absolute Gasteiger partial charge is 0.0998 e. The third-order valence-corrected chi connectivity index (χ3v) is 3.70. The van der Waals surface area contributed by atoms with Crippen LogP contribution < -0.4 is 0 Å². The third kappa shape index (κ3) is 1.20. The molecular formula is C11H20N+. The number of hydrogen-bond acceptors (Lipinski definition) is 0. The van der Waals surface area contributed by atoms with Crippen LogP contribution in [0.25, 0.3) is 0 Å². The predicted molar refractivity (Wildman–Crippen MR) is 51.9 cm³/mol. The van der Waals surface area contributed by atoms with E-state index in [-0.39, 0.29) is 0 Å². The van der Waals surface area contributed by atoms with E-state index >= 15 is 0 Å². The highest BCUT2D eigenvalue weighted by atomic mass is 15.4. The molecule has 2 aliphatic rings. The van der Waals surface area contributed by atoms with Crippen LogP contribution in [-0.2, 0) is 0 Å². The summed E-state index contributed by atoms with van der Waals surface area (Å²) in [6, 6.07) is 0.965. The molecule has 2 rings (SSSR count). The molecule has 1 heteroatoms. The molecule has 2 fully saturated rings. The van der Waals surface area contributed by atoms with E-state index < -0.39 is 0 Å². The fourth-order valence-electron chi connectivity index (χ4n) is 3.33. The van der Waals surface area contributed by atoms with E-state index in [2.05, 4.69) is 20.6 Å². The first-order valence-electron chi connectivity index (χ1n) is 5.09. The minimum absolute atomic E-state index is 0.965. The zero-order valence-electron chi connectivity index (χ0n) is 8.34. The number of likely N-dealkylation sites (tertiary alicyclic amines) is 1. The fraction of sp³-hybridized carbons (Fsp3) is 0.818. The van der Waals surface area contributed by atoms with Crippen molar-refractivity contribution in [2.45, 2.75) is 32.2 Å². The van der Waals surface area contributed by atoms with Crippen LogP contribution in [0.4, 0.5) is 0 Å². The molecule has 1 saturated carbocycles. The Morgan fingerprint density at radius 1 is 1.50 bits per heavy atom. The number of fused-ring (bicyclic) bond motifs is 2. The number of piperidine rings is 1. The maximum atomic E-state index is 4.03. The summed E-state index contributed by atoms with van der Waals surface area (Å²) in [7, 11) is 2.42. The van der Waals surface area contributed by atoms with Crippen molar-refractivity contribution in [2.24, 2.45) is 5.92 Å². The lowest BCUT2D eigenvalue weighted by molar-refractivity contribution is -0.921. The average Bonchev–Trinajstić information content (AvgIpc) is 2.42. The summed E-state index contributed by atoms with van der Waals surface area (Å²) in [6.45, 7) is 8.82. The van der Waals surface area contributed by atoms with E-state index in [1.165, 1.54) is 42.4 Å². The zero-order valence-corrected chi connectivity index (χ0v) is 8.34. The predicted octanol–water partition coefficient (Wildman–Crippen LogP) is 2.19. The summed E-state index contributed by atoms with van der Waals surface area (Å²) in [4.78, 5) is 0. The average molecular weight is 166 g/mol. The van der Waals surface area contributed by atoms with Crippen molar-refractivity contribution in [3.05, 3.63) is 12.2 Å². The SMILES string of the molecule is C=C(C)C[N+]1(C)CC2CC[C@H]1C2. The Kier molecular flexibility index (Phi) is 1.80. The fourth-order valence-corrected chi connectivity index (χ4v) is 3.33. The van der Waals surface area contributed by atoms with Crippen LogP contribution in [0.3, 0.4) is 0 Å².